The Labute approximate surface area is 396 Å². The lowest BCUT2D eigenvalue weighted by Gasteiger charge is -2.45. The van der Waals surface area contributed by atoms with Crippen molar-refractivity contribution in [3.63, 3.8) is 0 Å². The molecule has 0 heterocycles. The van der Waals surface area contributed by atoms with Gasteiger partial charge in [-0.05, 0) is 64.4 Å². The van der Waals surface area contributed by atoms with Crippen molar-refractivity contribution >= 4 is 9.53 Å². The van der Waals surface area contributed by atoms with Crippen LogP contribution in [0, 0.1) is 0 Å². The molecule has 0 N–H and O–H groups in total. The first kappa shape index (κ1) is 44.9. The Morgan fingerprint density at radius 1 is 0.284 bits per heavy atom. The molecule has 0 aliphatic heterocycles. The molecule has 6 heteroatoms. The van der Waals surface area contributed by atoms with Gasteiger partial charge in [0.05, 0.1) is 13.2 Å². The highest BCUT2D eigenvalue weighted by Crippen LogP contribution is 2.51. The summed E-state index contributed by atoms with van der Waals surface area (Å²) in [6.45, 7) is 4.80. The van der Waals surface area contributed by atoms with Gasteiger partial charge in [0.15, 0.2) is 11.5 Å². The molecule has 0 amide bonds. The summed E-state index contributed by atoms with van der Waals surface area (Å²) in [6.07, 6.45) is 0. The van der Waals surface area contributed by atoms with Gasteiger partial charge < -0.3 is 22.8 Å². The summed E-state index contributed by atoms with van der Waals surface area (Å²) in [7, 11) is -3.19. The number of benzene rings is 9. The second-order valence-electron chi connectivity index (χ2n) is 16.0. The molecule has 9 rings (SSSR count). The summed E-state index contributed by atoms with van der Waals surface area (Å²) in [5.41, 5.74) is 3.94. The Balaban J connectivity index is 1.42. The second-order valence-corrected chi connectivity index (χ2v) is 17.1. The van der Waals surface area contributed by atoms with Crippen molar-refractivity contribution in [2.45, 2.75) is 30.7 Å². The van der Waals surface area contributed by atoms with E-state index in [9.17, 15) is 0 Å². The third kappa shape index (κ3) is 8.88. The van der Waals surface area contributed by atoms with Crippen molar-refractivity contribution in [3.05, 3.63) is 311 Å². The average molecular weight is 894 g/mol. The molecule has 331 valence electrons. The van der Waals surface area contributed by atoms with Crippen LogP contribution in [0.5, 0.6) is 11.5 Å². The Kier molecular flexibility index (Phi) is 14.0. The number of hydrogen-bond acceptors (Lipinski definition) is 5. The fourth-order valence-electron chi connectivity index (χ4n) is 9.18. The van der Waals surface area contributed by atoms with Crippen LogP contribution in [0.3, 0.4) is 0 Å². The summed E-state index contributed by atoms with van der Waals surface area (Å²) in [4.78, 5) is 0. The van der Waals surface area contributed by atoms with Crippen LogP contribution in [0.1, 0.15) is 63.9 Å². The minimum atomic E-state index is -3.19. The fourth-order valence-corrected chi connectivity index (χ4v) is 11.1. The summed E-state index contributed by atoms with van der Waals surface area (Å²) >= 11 is 0. The smallest absolute Gasteiger partial charge is 0.490 e. The SMILES string of the molecule is CCOc1cccc(C(O[Si](OC(c2ccccc2)(c2ccccc2)c2ccccc2)OC(c2ccccc2)(c2ccccc2)c2ccccc2)(c2ccccc2)c2ccccc2)c1OCC. The molecular formula is C61H53O5Si. The summed E-state index contributed by atoms with van der Waals surface area (Å²) < 4.78 is 37.7. The van der Waals surface area contributed by atoms with Crippen LogP contribution < -0.4 is 9.47 Å². The Hall–Kier alpha value is -7.32. The zero-order chi connectivity index (χ0) is 45.8. The van der Waals surface area contributed by atoms with Gasteiger partial charge in [-0.15, -0.1) is 0 Å². The highest BCUT2D eigenvalue weighted by atomic mass is 28.3. The largest absolute Gasteiger partial charge is 0.581 e. The van der Waals surface area contributed by atoms with E-state index in [4.69, 9.17) is 22.8 Å². The predicted molar refractivity (Wildman–Crippen MR) is 269 cm³/mol. The molecule has 5 nitrogen and oxygen atoms in total. The molecule has 1 radical (unpaired) electrons. The highest BCUT2D eigenvalue weighted by Gasteiger charge is 2.53. The third-order valence-electron chi connectivity index (χ3n) is 12.1. The minimum absolute atomic E-state index is 0.389. The standard InChI is InChI=1S/C61H53O5Si/c1-3-62-57-47-29-46-56(58(57)63-4-2)61(54-42-25-11-26-43-54,55-44-27-12-28-45-55)66-67(64-59(48-30-13-5-14-31-48,49-32-15-6-16-33-49)50-34-17-7-18-35-50)65-60(51-36-19-8-20-37-51,52-38-21-9-22-39-52)53-40-23-10-24-41-53/h5-47H,3-4H2,1-2H3. The molecule has 0 aliphatic carbocycles. The maximum Gasteiger partial charge on any atom is 0.581 e. The summed E-state index contributed by atoms with van der Waals surface area (Å²) in [6, 6.07) is 89.0. The molecule has 0 aliphatic rings. The maximum absolute atomic E-state index is 8.28. The molecule has 0 fully saturated rings. The first-order chi connectivity index (χ1) is 33.1. The van der Waals surface area contributed by atoms with Crippen molar-refractivity contribution in [1.82, 2.24) is 0 Å². The zero-order valence-electron chi connectivity index (χ0n) is 37.8. The average Bonchev–Trinajstić information content (AvgIpc) is 3.41. The molecule has 0 saturated carbocycles. The fraction of sp³-hybridized carbons (Fsp3) is 0.115. The molecule has 9 aromatic rings. The first-order valence-electron chi connectivity index (χ1n) is 22.9. The van der Waals surface area contributed by atoms with Gasteiger partial charge in [-0.25, -0.2) is 0 Å². The van der Waals surface area contributed by atoms with Gasteiger partial charge in [-0.1, -0.05) is 255 Å². The van der Waals surface area contributed by atoms with Crippen molar-refractivity contribution in [3.8, 4) is 11.5 Å². The van der Waals surface area contributed by atoms with E-state index < -0.39 is 26.3 Å². The van der Waals surface area contributed by atoms with E-state index in [-0.39, 0.29) is 0 Å². The monoisotopic (exact) mass is 893 g/mol. The Morgan fingerprint density at radius 2 is 0.537 bits per heavy atom. The molecule has 0 atom stereocenters. The van der Waals surface area contributed by atoms with Crippen LogP contribution in [0.25, 0.3) is 0 Å². The van der Waals surface area contributed by atoms with Crippen molar-refractivity contribution in [2.24, 2.45) is 0 Å². The Morgan fingerprint density at radius 3 is 0.806 bits per heavy atom. The van der Waals surface area contributed by atoms with Gasteiger partial charge in [0.1, 0.15) is 16.8 Å². The van der Waals surface area contributed by atoms with Gasteiger partial charge in [0, 0.05) is 5.56 Å². The van der Waals surface area contributed by atoms with Crippen LogP contribution in [-0.2, 0) is 30.1 Å². The highest BCUT2D eigenvalue weighted by molar-refractivity contribution is 6.37. The summed E-state index contributed by atoms with van der Waals surface area (Å²) in [5, 5.41) is 0. The molecule has 67 heavy (non-hydrogen) atoms. The lowest BCUT2D eigenvalue weighted by molar-refractivity contribution is -0.0367. The van der Waals surface area contributed by atoms with E-state index in [0.717, 1.165) is 50.1 Å². The predicted octanol–water partition coefficient (Wildman–Crippen LogP) is 13.8. The van der Waals surface area contributed by atoms with E-state index >= 15 is 0 Å². The third-order valence-corrected chi connectivity index (χ3v) is 13.5. The second kappa shape index (κ2) is 20.9. The van der Waals surface area contributed by atoms with E-state index in [1.807, 2.05) is 98.8 Å². The lowest BCUT2D eigenvalue weighted by atomic mass is 9.80. The van der Waals surface area contributed by atoms with Crippen molar-refractivity contribution in [1.29, 1.82) is 0 Å². The van der Waals surface area contributed by atoms with Crippen LogP contribution >= 0.6 is 0 Å². The van der Waals surface area contributed by atoms with Gasteiger partial charge in [0.2, 0.25) is 0 Å². The van der Waals surface area contributed by atoms with E-state index in [1.54, 1.807) is 0 Å². The molecule has 0 bridgehead atoms. The topological polar surface area (TPSA) is 46.2 Å². The molecule has 0 aromatic heterocycles. The Bertz CT molecular complexity index is 2530. The lowest BCUT2D eigenvalue weighted by Crippen LogP contribution is -2.51. The van der Waals surface area contributed by atoms with Crippen LogP contribution in [0.15, 0.2) is 261 Å². The van der Waals surface area contributed by atoms with Gasteiger partial charge in [-0.3, -0.25) is 0 Å². The normalized spacial score (nSPS) is 11.9. The first-order valence-corrected chi connectivity index (χ1v) is 24.1. The van der Waals surface area contributed by atoms with Crippen LogP contribution in [0.2, 0.25) is 0 Å². The van der Waals surface area contributed by atoms with Crippen molar-refractivity contribution in [2.75, 3.05) is 13.2 Å². The number of rotatable bonds is 19. The number of ether oxygens (including phenoxy) is 2. The molecular weight excluding hydrogens is 841 g/mol. The van der Waals surface area contributed by atoms with Crippen LogP contribution in [-0.4, -0.2) is 22.7 Å². The van der Waals surface area contributed by atoms with E-state index in [0.29, 0.717) is 24.7 Å². The zero-order valence-corrected chi connectivity index (χ0v) is 38.8. The van der Waals surface area contributed by atoms with Gasteiger partial charge >= 0.3 is 9.53 Å². The van der Waals surface area contributed by atoms with Gasteiger partial charge in [0.25, 0.3) is 0 Å². The molecule has 0 unspecified atom stereocenters. The minimum Gasteiger partial charge on any atom is -0.490 e. The maximum atomic E-state index is 8.28. The molecule has 0 saturated heterocycles. The van der Waals surface area contributed by atoms with Gasteiger partial charge in [-0.2, -0.15) is 0 Å². The summed E-state index contributed by atoms with van der Waals surface area (Å²) in [5.74, 6) is 1.18. The number of para-hydroxylation sites is 1. The number of hydrogen-bond donors (Lipinski definition) is 0. The van der Waals surface area contributed by atoms with Crippen molar-refractivity contribution < 1.29 is 22.8 Å². The molecule has 9 aromatic carbocycles. The van der Waals surface area contributed by atoms with Crippen LogP contribution in [0.4, 0.5) is 0 Å². The van der Waals surface area contributed by atoms with E-state index in [1.165, 1.54) is 0 Å². The molecule has 0 spiro atoms. The van der Waals surface area contributed by atoms with E-state index in [2.05, 4.69) is 176 Å². The quantitative estimate of drug-likeness (QED) is 0.0598.